The summed E-state index contributed by atoms with van der Waals surface area (Å²) in [5.74, 6) is 0.889. The Labute approximate surface area is 173 Å². The van der Waals surface area contributed by atoms with Crippen molar-refractivity contribution in [2.75, 3.05) is 32.2 Å². The van der Waals surface area contributed by atoms with Gasteiger partial charge in [-0.2, -0.15) is 0 Å². The highest BCUT2D eigenvalue weighted by Gasteiger charge is 2.24. The summed E-state index contributed by atoms with van der Waals surface area (Å²) in [5, 5.41) is 0. The SMILES string of the molecule is CN(C)c1ccc(-c2ccc3ncc4c(c3n2)n(C2CCOCC2)c(=O)n4C)cn1. The van der Waals surface area contributed by atoms with Crippen LogP contribution >= 0.6 is 0 Å². The fourth-order valence-corrected chi connectivity index (χ4v) is 4.13. The van der Waals surface area contributed by atoms with Crippen LogP contribution in [0.4, 0.5) is 5.82 Å². The molecule has 1 aliphatic rings. The molecular formula is C22H24N6O2. The van der Waals surface area contributed by atoms with Crippen LogP contribution in [0.25, 0.3) is 33.3 Å². The molecule has 1 aliphatic heterocycles. The van der Waals surface area contributed by atoms with E-state index >= 15 is 0 Å². The molecule has 0 N–H and O–H groups in total. The maximum absolute atomic E-state index is 13.1. The number of imidazole rings is 1. The molecule has 5 rings (SSSR count). The van der Waals surface area contributed by atoms with E-state index in [0.717, 1.165) is 52.0 Å². The molecule has 1 fully saturated rings. The van der Waals surface area contributed by atoms with Gasteiger partial charge in [-0.3, -0.25) is 14.1 Å². The Balaban J connectivity index is 1.73. The fraction of sp³-hybridized carbons (Fsp3) is 0.364. The van der Waals surface area contributed by atoms with Crippen LogP contribution in [0, 0.1) is 0 Å². The van der Waals surface area contributed by atoms with E-state index in [2.05, 4.69) is 9.97 Å². The van der Waals surface area contributed by atoms with Gasteiger partial charge in [0.05, 0.1) is 28.4 Å². The molecule has 0 aliphatic carbocycles. The predicted octanol–water partition coefficient (Wildman–Crippen LogP) is 2.76. The zero-order valence-corrected chi connectivity index (χ0v) is 17.4. The molecule has 0 unspecified atom stereocenters. The maximum Gasteiger partial charge on any atom is 0.329 e. The van der Waals surface area contributed by atoms with Crippen LogP contribution < -0.4 is 10.6 Å². The first kappa shape index (κ1) is 18.7. The molecular weight excluding hydrogens is 380 g/mol. The van der Waals surface area contributed by atoms with E-state index in [1.165, 1.54) is 0 Å². The first-order valence-electron chi connectivity index (χ1n) is 10.1. The Bertz CT molecular complexity index is 1280. The Hall–Kier alpha value is -3.26. The van der Waals surface area contributed by atoms with Gasteiger partial charge in [0.2, 0.25) is 0 Å². The highest BCUT2D eigenvalue weighted by atomic mass is 16.5. The van der Waals surface area contributed by atoms with Crippen LogP contribution in [-0.2, 0) is 11.8 Å². The summed E-state index contributed by atoms with van der Waals surface area (Å²) in [6.07, 6.45) is 5.23. The normalized spacial score (nSPS) is 15.2. The summed E-state index contributed by atoms with van der Waals surface area (Å²) < 4.78 is 9.07. The molecule has 1 saturated heterocycles. The monoisotopic (exact) mass is 404 g/mol. The summed E-state index contributed by atoms with van der Waals surface area (Å²) in [6, 6.07) is 8.00. The molecule has 0 saturated carbocycles. The lowest BCUT2D eigenvalue weighted by atomic mass is 10.1. The molecule has 4 aromatic heterocycles. The Morgan fingerprint density at radius 3 is 2.57 bits per heavy atom. The molecule has 4 aromatic rings. The first-order chi connectivity index (χ1) is 14.5. The van der Waals surface area contributed by atoms with Crippen molar-refractivity contribution in [3.05, 3.63) is 47.1 Å². The van der Waals surface area contributed by atoms with Gasteiger partial charge in [-0.15, -0.1) is 0 Å². The molecule has 5 heterocycles. The van der Waals surface area contributed by atoms with Crippen LogP contribution in [0.2, 0.25) is 0 Å². The van der Waals surface area contributed by atoms with Crippen LogP contribution in [0.3, 0.4) is 0 Å². The molecule has 8 heteroatoms. The Morgan fingerprint density at radius 2 is 1.87 bits per heavy atom. The number of ether oxygens (including phenoxy) is 1. The molecule has 0 spiro atoms. The summed E-state index contributed by atoms with van der Waals surface area (Å²) >= 11 is 0. The third-order valence-electron chi connectivity index (χ3n) is 5.82. The Kier molecular flexibility index (Phi) is 4.51. The van der Waals surface area contributed by atoms with Gasteiger partial charge in [0.1, 0.15) is 11.3 Å². The second-order valence-corrected chi connectivity index (χ2v) is 7.91. The predicted molar refractivity (Wildman–Crippen MR) is 117 cm³/mol. The minimum atomic E-state index is -0.0320. The molecule has 8 nitrogen and oxygen atoms in total. The van der Waals surface area contributed by atoms with Gasteiger partial charge in [0, 0.05) is 52.2 Å². The van der Waals surface area contributed by atoms with Crippen LogP contribution in [-0.4, -0.2) is 51.4 Å². The topological polar surface area (TPSA) is 78.1 Å². The average Bonchev–Trinajstić information content (AvgIpc) is 3.04. The number of hydrogen-bond acceptors (Lipinski definition) is 6. The van der Waals surface area contributed by atoms with Gasteiger partial charge < -0.3 is 9.64 Å². The van der Waals surface area contributed by atoms with Crippen LogP contribution in [0.15, 0.2) is 41.5 Å². The lowest BCUT2D eigenvalue weighted by Crippen LogP contribution is -2.29. The van der Waals surface area contributed by atoms with Gasteiger partial charge >= 0.3 is 5.69 Å². The van der Waals surface area contributed by atoms with Crippen molar-refractivity contribution in [3.63, 3.8) is 0 Å². The largest absolute Gasteiger partial charge is 0.381 e. The fourth-order valence-electron chi connectivity index (χ4n) is 4.13. The van der Waals surface area contributed by atoms with Gasteiger partial charge in [0.25, 0.3) is 0 Å². The van der Waals surface area contributed by atoms with Crippen molar-refractivity contribution in [3.8, 4) is 11.3 Å². The van der Waals surface area contributed by atoms with Gasteiger partial charge in [-0.1, -0.05) is 0 Å². The van der Waals surface area contributed by atoms with E-state index in [1.807, 2.05) is 54.0 Å². The molecule has 154 valence electrons. The molecule has 0 amide bonds. The number of pyridine rings is 3. The van der Waals surface area contributed by atoms with Crippen LogP contribution in [0.5, 0.6) is 0 Å². The second-order valence-electron chi connectivity index (χ2n) is 7.91. The Morgan fingerprint density at radius 1 is 1.07 bits per heavy atom. The number of rotatable bonds is 3. The van der Waals surface area contributed by atoms with E-state index < -0.39 is 0 Å². The zero-order chi connectivity index (χ0) is 20.8. The van der Waals surface area contributed by atoms with Crippen LogP contribution in [0.1, 0.15) is 18.9 Å². The van der Waals surface area contributed by atoms with Gasteiger partial charge in [0.15, 0.2) is 0 Å². The van der Waals surface area contributed by atoms with E-state index in [1.54, 1.807) is 17.8 Å². The average molecular weight is 404 g/mol. The highest BCUT2D eigenvalue weighted by molar-refractivity contribution is 6.00. The number of fused-ring (bicyclic) bond motifs is 3. The third-order valence-corrected chi connectivity index (χ3v) is 5.82. The second kappa shape index (κ2) is 7.21. The van der Waals surface area contributed by atoms with E-state index in [0.29, 0.717) is 13.2 Å². The van der Waals surface area contributed by atoms with Crippen molar-refractivity contribution in [2.45, 2.75) is 18.9 Å². The highest BCUT2D eigenvalue weighted by Crippen LogP contribution is 2.29. The minimum Gasteiger partial charge on any atom is -0.381 e. The number of hydrogen-bond donors (Lipinski definition) is 0. The number of aromatic nitrogens is 5. The van der Waals surface area contributed by atoms with Crippen molar-refractivity contribution >= 4 is 27.9 Å². The van der Waals surface area contributed by atoms with Crippen molar-refractivity contribution in [1.82, 2.24) is 24.1 Å². The standard InChI is InChI=1S/C22H24N6O2/c1-26(2)19-7-4-14(12-24-19)16-5-6-17-20(25-16)21-18(13-23-17)27(3)22(29)28(21)15-8-10-30-11-9-15/h4-7,12-13,15H,8-11H2,1-3H3. The number of aryl methyl sites for hydroxylation is 1. The smallest absolute Gasteiger partial charge is 0.329 e. The third kappa shape index (κ3) is 2.95. The number of anilines is 1. The molecule has 0 bridgehead atoms. The summed E-state index contributed by atoms with van der Waals surface area (Å²) in [5.41, 5.74) is 4.86. The molecule has 0 radical (unpaired) electrons. The van der Waals surface area contributed by atoms with Crippen molar-refractivity contribution in [1.29, 1.82) is 0 Å². The minimum absolute atomic E-state index is 0.0320. The van der Waals surface area contributed by atoms with E-state index in [-0.39, 0.29) is 11.7 Å². The van der Waals surface area contributed by atoms with Crippen molar-refractivity contribution in [2.24, 2.45) is 7.05 Å². The molecule has 30 heavy (non-hydrogen) atoms. The summed E-state index contributed by atoms with van der Waals surface area (Å²) in [4.78, 5) is 29.1. The molecule has 0 aromatic carbocycles. The van der Waals surface area contributed by atoms with Crippen molar-refractivity contribution < 1.29 is 4.74 Å². The van der Waals surface area contributed by atoms with Gasteiger partial charge in [-0.05, 0) is 37.1 Å². The summed E-state index contributed by atoms with van der Waals surface area (Å²) in [7, 11) is 5.72. The quantitative estimate of drug-likeness (QED) is 0.523. The van der Waals surface area contributed by atoms with E-state index in [9.17, 15) is 4.79 Å². The lowest BCUT2D eigenvalue weighted by molar-refractivity contribution is 0.0697. The zero-order valence-electron chi connectivity index (χ0n) is 17.4. The maximum atomic E-state index is 13.1. The number of nitrogens with zero attached hydrogens (tertiary/aromatic N) is 6. The molecule has 0 atom stereocenters. The first-order valence-corrected chi connectivity index (χ1v) is 10.1. The van der Waals surface area contributed by atoms with E-state index in [4.69, 9.17) is 9.72 Å². The van der Waals surface area contributed by atoms with Gasteiger partial charge in [-0.25, -0.2) is 14.8 Å². The summed E-state index contributed by atoms with van der Waals surface area (Å²) in [6.45, 7) is 1.33. The lowest BCUT2D eigenvalue weighted by Gasteiger charge is -2.23.